The van der Waals surface area contributed by atoms with E-state index < -0.39 is 5.82 Å². The zero-order valence-corrected chi connectivity index (χ0v) is 10.3. The number of halogens is 2. The summed E-state index contributed by atoms with van der Waals surface area (Å²) in [5.74, 6) is -0.382. The zero-order valence-electron chi connectivity index (χ0n) is 10.3. The van der Waals surface area contributed by atoms with Crippen molar-refractivity contribution in [3.05, 3.63) is 58.8 Å². The fourth-order valence-corrected chi connectivity index (χ4v) is 1.84. The number of nitrogens with one attached hydrogen (secondary N) is 1. The number of benzene rings is 1. The first-order valence-corrected chi connectivity index (χ1v) is 5.68. The van der Waals surface area contributed by atoms with Gasteiger partial charge in [-0.25, -0.2) is 13.8 Å². The fourth-order valence-electron chi connectivity index (χ4n) is 1.84. The van der Waals surface area contributed by atoms with Gasteiger partial charge in [0, 0.05) is 12.7 Å². The predicted octanol–water partition coefficient (Wildman–Crippen LogP) is 3.59. The van der Waals surface area contributed by atoms with Crippen molar-refractivity contribution in [2.75, 3.05) is 5.32 Å². The monoisotopic (exact) mass is 248 g/mol. The second-order valence-corrected chi connectivity index (χ2v) is 4.23. The highest BCUT2D eigenvalue weighted by Crippen LogP contribution is 2.16. The minimum Gasteiger partial charge on any atom is -0.364 e. The number of aromatic nitrogens is 1. The van der Waals surface area contributed by atoms with Crippen LogP contribution in [-0.2, 0) is 6.54 Å². The molecule has 0 fully saturated rings. The quantitative estimate of drug-likeness (QED) is 0.897. The lowest BCUT2D eigenvalue weighted by molar-refractivity contribution is 0.608. The Morgan fingerprint density at radius 1 is 1.17 bits per heavy atom. The molecule has 1 aromatic heterocycles. The van der Waals surface area contributed by atoms with E-state index in [4.69, 9.17) is 0 Å². The lowest BCUT2D eigenvalue weighted by Gasteiger charge is -2.09. The van der Waals surface area contributed by atoms with Gasteiger partial charge < -0.3 is 5.32 Å². The molecule has 0 amide bonds. The van der Waals surface area contributed by atoms with Crippen molar-refractivity contribution in [3.8, 4) is 0 Å². The summed E-state index contributed by atoms with van der Waals surface area (Å²) in [5.41, 5.74) is 2.08. The Morgan fingerprint density at radius 3 is 2.44 bits per heavy atom. The summed E-state index contributed by atoms with van der Waals surface area (Å²) < 4.78 is 26.8. The first-order valence-electron chi connectivity index (χ1n) is 5.68. The van der Waals surface area contributed by atoms with Crippen molar-refractivity contribution in [2.45, 2.75) is 20.4 Å². The van der Waals surface area contributed by atoms with Gasteiger partial charge in [-0.2, -0.15) is 0 Å². The topological polar surface area (TPSA) is 24.9 Å². The molecule has 0 aliphatic carbocycles. The minimum atomic E-state index is -0.395. The SMILES string of the molecule is Cc1cc(CNc2ncccc2F)cc(C)c1F. The molecule has 0 unspecified atom stereocenters. The average molecular weight is 248 g/mol. The molecule has 2 aromatic rings. The van der Waals surface area contributed by atoms with Gasteiger partial charge in [-0.3, -0.25) is 0 Å². The molecule has 0 atom stereocenters. The summed E-state index contributed by atoms with van der Waals surface area (Å²) in [6.45, 7) is 3.84. The molecule has 4 heteroatoms. The van der Waals surface area contributed by atoms with Crippen LogP contribution in [0.25, 0.3) is 0 Å². The zero-order chi connectivity index (χ0) is 13.1. The molecule has 1 heterocycles. The molecule has 1 N–H and O–H groups in total. The number of nitrogens with zero attached hydrogens (tertiary/aromatic N) is 1. The fraction of sp³-hybridized carbons (Fsp3) is 0.214. The van der Waals surface area contributed by atoms with Crippen LogP contribution < -0.4 is 5.32 Å². The van der Waals surface area contributed by atoms with Crippen LogP contribution >= 0.6 is 0 Å². The van der Waals surface area contributed by atoms with Crippen LogP contribution in [0.3, 0.4) is 0 Å². The lowest BCUT2D eigenvalue weighted by atomic mass is 10.1. The van der Waals surface area contributed by atoms with Gasteiger partial charge in [0.1, 0.15) is 5.82 Å². The molecular formula is C14H14F2N2. The first-order chi connectivity index (χ1) is 8.58. The van der Waals surface area contributed by atoms with Crippen molar-refractivity contribution in [1.29, 1.82) is 0 Å². The van der Waals surface area contributed by atoms with Gasteiger partial charge in [0.2, 0.25) is 0 Å². The van der Waals surface area contributed by atoms with Gasteiger partial charge in [0.05, 0.1) is 0 Å². The van der Waals surface area contributed by atoms with E-state index >= 15 is 0 Å². The van der Waals surface area contributed by atoms with Gasteiger partial charge in [-0.15, -0.1) is 0 Å². The van der Waals surface area contributed by atoms with Gasteiger partial charge >= 0.3 is 0 Å². The van der Waals surface area contributed by atoms with Crippen LogP contribution in [0.15, 0.2) is 30.5 Å². The maximum atomic E-state index is 13.4. The largest absolute Gasteiger partial charge is 0.364 e. The van der Waals surface area contributed by atoms with Crippen molar-refractivity contribution < 1.29 is 8.78 Å². The molecule has 94 valence electrons. The van der Waals surface area contributed by atoms with Crippen LogP contribution in [0.4, 0.5) is 14.6 Å². The smallest absolute Gasteiger partial charge is 0.165 e. The molecular weight excluding hydrogens is 234 g/mol. The van der Waals surface area contributed by atoms with Crippen LogP contribution in [0.2, 0.25) is 0 Å². The van der Waals surface area contributed by atoms with Crippen LogP contribution in [0.1, 0.15) is 16.7 Å². The van der Waals surface area contributed by atoms with Crippen molar-refractivity contribution in [2.24, 2.45) is 0 Å². The van der Waals surface area contributed by atoms with Crippen molar-refractivity contribution in [1.82, 2.24) is 4.98 Å². The highest BCUT2D eigenvalue weighted by atomic mass is 19.1. The molecule has 0 saturated heterocycles. The third-order valence-electron chi connectivity index (χ3n) is 2.71. The standard InChI is InChI=1S/C14H14F2N2/c1-9-6-11(7-10(2)13(9)16)8-18-14-12(15)4-3-5-17-14/h3-7H,8H2,1-2H3,(H,17,18). The van der Waals surface area contributed by atoms with Gasteiger partial charge in [0.25, 0.3) is 0 Å². The van der Waals surface area contributed by atoms with E-state index in [1.165, 1.54) is 18.3 Å². The summed E-state index contributed by atoms with van der Waals surface area (Å²) in [4.78, 5) is 3.90. The third kappa shape index (κ3) is 2.64. The van der Waals surface area contributed by atoms with Crippen molar-refractivity contribution in [3.63, 3.8) is 0 Å². The Labute approximate surface area is 105 Å². The maximum Gasteiger partial charge on any atom is 0.165 e. The predicted molar refractivity (Wildman–Crippen MR) is 67.4 cm³/mol. The summed E-state index contributed by atoms with van der Waals surface area (Å²) in [6, 6.07) is 6.37. The number of anilines is 1. The molecule has 2 rings (SSSR count). The molecule has 2 nitrogen and oxygen atoms in total. The van der Waals surface area contributed by atoms with E-state index in [0.717, 1.165) is 5.56 Å². The molecule has 1 aromatic carbocycles. The van der Waals surface area contributed by atoms with Crippen LogP contribution in [0.5, 0.6) is 0 Å². The Bertz CT molecular complexity index is 544. The lowest BCUT2D eigenvalue weighted by Crippen LogP contribution is -2.04. The molecule has 18 heavy (non-hydrogen) atoms. The van der Waals surface area contributed by atoms with E-state index in [1.54, 1.807) is 26.0 Å². The van der Waals surface area contributed by atoms with Crippen molar-refractivity contribution >= 4 is 5.82 Å². The average Bonchev–Trinajstić information content (AvgIpc) is 2.35. The summed E-state index contributed by atoms with van der Waals surface area (Å²) >= 11 is 0. The Kier molecular flexibility index (Phi) is 3.55. The van der Waals surface area contributed by atoms with E-state index in [2.05, 4.69) is 10.3 Å². The Balaban J connectivity index is 2.14. The number of rotatable bonds is 3. The first kappa shape index (κ1) is 12.5. The molecule has 0 spiro atoms. The second kappa shape index (κ2) is 5.12. The number of hydrogen-bond donors (Lipinski definition) is 1. The Hall–Kier alpha value is -1.97. The molecule has 0 bridgehead atoms. The number of aryl methyl sites for hydroxylation is 2. The van der Waals surface area contributed by atoms with Gasteiger partial charge in [0.15, 0.2) is 11.6 Å². The summed E-state index contributed by atoms with van der Waals surface area (Å²) in [6.07, 6.45) is 1.52. The summed E-state index contributed by atoms with van der Waals surface area (Å²) in [5, 5.41) is 2.89. The van der Waals surface area contributed by atoms with Gasteiger partial charge in [-0.05, 0) is 42.7 Å². The van der Waals surface area contributed by atoms with Crippen LogP contribution in [-0.4, -0.2) is 4.98 Å². The molecule has 0 aliphatic heterocycles. The Morgan fingerprint density at radius 2 is 1.83 bits per heavy atom. The van der Waals surface area contributed by atoms with E-state index in [0.29, 0.717) is 17.7 Å². The highest BCUT2D eigenvalue weighted by molar-refractivity contribution is 5.38. The molecule has 0 aliphatic rings. The second-order valence-electron chi connectivity index (χ2n) is 4.23. The molecule has 0 saturated carbocycles. The highest BCUT2D eigenvalue weighted by Gasteiger charge is 2.06. The van der Waals surface area contributed by atoms with Crippen LogP contribution in [0, 0.1) is 25.5 Å². The number of pyridine rings is 1. The minimum absolute atomic E-state index is 0.192. The van der Waals surface area contributed by atoms with Gasteiger partial charge in [-0.1, -0.05) is 12.1 Å². The van der Waals surface area contributed by atoms with E-state index in [1.807, 2.05) is 0 Å². The molecule has 0 radical (unpaired) electrons. The summed E-state index contributed by atoms with van der Waals surface area (Å²) in [7, 11) is 0. The third-order valence-corrected chi connectivity index (χ3v) is 2.71. The van der Waals surface area contributed by atoms with E-state index in [9.17, 15) is 8.78 Å². The maximum absolute atomic E-state index is 13.4. The normalized spacial score (nSPS) is 10.4. The van der Waals surface area contributed by atoms with E-state index in [-0.39, 0.29) is 11.6 Å². The number of hydrogen-bond acceptors (Lipinski definition) is 2.